The number of ether oxygens (including phenoxy) is 1. The molecule has 3 heteroatoms. The first-order chi connectivity index (χ1) is 8.26. The molecule has 17 heavy (non-hydrogen) atoms. The van der Waals surface area contributed by atoms with Gasteiger partial charge in [0.25, 0.3) is 0 Å². The van der Waals surface area contributed by atoms with E-state index in [4.69, 9.17) is 4.74 Å². The third-order valence-electron chi connectivity index (χ3n) is 3.29. The van der Waals surface area contributed by atoms with Crippen LogP contribution in [0.1, 0.15) is 12.8 Å². The zero-order chi connectivity index (χ0) is 12.6. The van der Waals surface area contributed by atoms with Gasteiger partial charge in [0.05, 0.1) is 6.61 Å². The number of nitrogens with zero attached hydrogens (tertiary/aromatic N) is 1. The summed E-state index contributed by atoms with van der Waals surface area (Å²) in [6, 6.07) is 0. The first kappa shape index (κ1) is 14.4. The van der Waals surface area contributed by atoms with Crippen LogP contribution in [0.5, 0.6) is 0 Å². The second kappa shape index (κ2) is 7.64. The third-order valence-corrected chi connectivity index (χ3v) is 3.29. The summed E-state index contributed by atoms with van der Waals surface area (Å²) in [5, 5.41) is 3.31. The van der Waals surface area contributed by atoms with E-state index in [1.807, 2.05) is 19.2 Å². The minimum atomic E-state index is 0.249. The summed E-state index contributed by atoms with van der Waals surface area (Å²) in [7, 11) is 2.02. The molecule has 0 aromatic rings. The van der Waals surface area contributed by atoms with E-state index < -0.39 is 0 Å². The highest BCUT2D eigenvalue weighted by Crippen LogP contribution is 2.29. The normalized spacial score (nSPS) is 24.8. The Hall–Kier alpha value is -0.640. The van der Waals surface area contributed by atoms with E-state index >= 15 is 0 Å². The molecule has 0 bridgehead atoms. The highest BCUT2D eigenvalue weighted by molar-refractivity contribution is 4.90. The van der Waals surface area contributed by atoms with Crippen LogP contribution >= 0.6 is 0 Å². The van der Waals surface area contributed by atoms with Gasteiger partial charge in [-0.3, -0.25) is 4.90 Å². The molecule has 1 atom stereocenters. The Morgan fingerprint density at radius 3 is 2.53 bits per heavy atom. The fraction of sp³-hybridized carbons (Fsp3) is 0.714. The van der Waals surface area contributed by atoms with Crippen LogP contribution in [-0.4, -0.2) is 51.3 Å². The van der Waals surface area contributed by atoms with Crippen molar-refractivity contribution < 1.29 is 4.74 Å². The molecule has 98 valence electrons. The van der Waals surface area contributed by atoms with Gasteiger partial charge in [-0.05, 0) is 19.9 Å². The second-order valence-electron chi connectivity index (χ2n) is 4.96. The number of hydrogen-bond acceptors (Lipinski definition) is 3. The summed E-state index contributed by atoms with van der Waals surface area (Å²) in [6.07, 6.45) is 6.32. The van der Waals surface area contributed by atoms with Crippen molar-refractivity contribution in [3.8, 4) is 0 Å². The van der Waals surface area contributed by atoms with E-state index in [2.05, 4.69) is 23.4 Å². The average molecular weight is 238 g/mol. The van der Waals surface area contributed by atoms with E-state index in [-0.39, 0.29) is 5.41 Å². The molecule has 1 rings (SSSR count). The van der Waals surface area contributed by atoms with Gasteiger partial charge in [0, 0.05) is 38.2 Å². The SMILES string of the molecule is C=CCN(CC=C)CC1(CNC)CCCOC1. The molecule has 1 N–H and O–H groups in total. The molecular weight excluding hydrogens is 212 g/mol. The molecule has 1 aliphatic heterocycles. The molecule has 1 aliphatic rings. The van der Waals surface area contributed by atoms with Crippen LogP contribution < -0.4 is 5.32 Å². The van der Waals surface area contributed by atoms with Crippen LogP contribution in [0.15, 0.2) is 25.3 Å². The van der Waals surface area contributed by atoms with Gasteiger partial charge in [-0.25, -0.2) is 0 Å². The number of rotatable bonds is 8. The fourth-order valence-corrected chi connectivity index (χ4v) is 2.65. The maximum absolute atomic E-state index is 5.68. The molecule has 0 aliphatic carbocycles. The highest BCUT2D eigenvalue weighted by Gasteiger charge is 2.33. The maximum Gasteiger partial charge on any atom is 0.0546 e. The lowest BCUT2D eigenvalue weighted by Crippen LogP contribution is -2.48. The Morgan fingerprint density at radius 1 is 1.35 bits per heavy atom. The lowest BCUT2D eigenvalue weighted by molar-refractivity contribution is -0.0223. The molecule has 0 aromatic heterocycles. The smallest absolute Gasteiger partial charge is 0.0546 e. The summed E-state index contributed by atoms with van der Waals surface area (Å²) in [5.41, 5.74) is 0.249. The van der Waals surface area contributed by atoms with E-state index in [0.717, 1.165) is 45.8 Å². The van der Waals surface area contributed by atoms with Gasteiger partial charge in [0.1, 0.15) is 0 Å². The predicted octanol–water partition coefficient (Wildman–Crippen LogP) is 1.68. The third kappa shape index (κ3) is 4.62. The van der Waals surface area contributed by atoms with Crippen LogP contribution in [0.3, 0.4) is 0 Å². The fourth-order valence-electron chi connectivity index (χ4n) is 2.65. The highest BCUT2D eigenvalue weighted by atomic mass is 16.5. The molecule has 3 nitrogen and oxygen atoms in total. The lowest BCUT2D eigenvalue weighted by atomic mass is 9.81. The van der Waals surface area contributed by atoms with Gasteiger partial charge in [-0.2, -0.15) is 0 Å². The lowest BCUT2D eigenvalue weighted by Gasteiger charge is -2.40. The van der Waals surface area contributed by atoms with Crippen molar-refractivity contribution in [1.82, 2.24) is 10.2 Å². The number of nitrogens with one attached hydrogen (secondary N) is 1. The van der Waals surface area contributed by atoms with E-state index in [0.29, 0.717) is 0 Å². The minimum Gasteiger partial charge on any atom is -0.381 e. The molecule has 1 heterocycles. The topological polar surface area (TPSA) is 24.5 Å². The Balaban J connectivity index is 2.61. The molecule has 0 aromatic carbocycles. The quantitative estimate of drug-likeness (QED) is 0.651. The van der Waals surface area contributed by atoms with Crippen LogP contribution in [-0.2, 0) is 4.74 Å². The minimum absolute atomic E-state index is 0.249. The molecule has 0 radical (unpaired) electrons. The summed E-state index contributed by atoms with van der Waals surface area (Å²) in [6.45, 7) is 13.3. The standard InChI is InChI=1S/C14H26N2O/c1-4-8-16(9-5-2)12-14(11-15-3)7-6-10-17-13-14/h4-5,15H,1-2,6-13H2,3H3. The Morgan fingerprint density at radius 2 is 2.06 bits per heavy atom. The van der Waals surface area contributed by atoms with Crippen molar-refractivity contribution in [2.24, 2.45) is 5.41 Å². The largest absolute Gasteiger partial charge is 0.381 e. The van der Waals surface area contributed by atoms with Gasteiger partial charge >= 0.3 is 0 Å². The van der Waals surface area contributed by atoms with Crippen LogP contribution in [0, 0.1) is 5.41 Å². The van der Waals surface area contributed by atoms with Crippen molar-refractivity contribution in [2.75, 3.05) is 46.4 Å². The molecule has 1 unspecified atom stereocenters. The van der Waals surface area contributed by atoms with Crippen molar-refractivity contribution in [2.45, 2.75) is 12.8 Å². The maximum atomic E-state index is 5.68. The van der Waals surface area contributed by atoms with Crippen LogP contribution in [0.2, 0.25) is 0 Å². The Bertz CT molecular complexity index is 219. The molecule has 1 saturated heterocycles. The Kier molecular flexibility index (Phi) is 6.48. The molecule has 0 amide bonds. The van der Waals surface area contributed by atoms with E-state index in [1.54, 1.807) is 0 Å². The van der Waals surface area contributed by atoms with Gasteiger partial charge in [-0.15, -0.1) is 13.2 Å². The van der Waals surface area contributed by atoms with Gasteiger partial charge in [0.15, 0.2) is 0 Å². The summed E-state index contributed by atoms with van der Waals surface area (Å²) >= 11 is 0. The van der Waals surface area contributed by atoms with Gasteiger partial charge < -0.3 is 10.1 Å². The Labute approximate surface area is 106 Å². The second-order valence-corrected chi connectivity index (χ2v) is 4.96. The molecular formula is C14H26N2O. The summed E-state index contributed by atoms with van der Waals surface area (Å²) in [5.74, 6) is 0. The van der Waals surface area contributed by atoms with E-state index in [9.17, 15) is 0 Å². The van der Waals surface area contributed by atoms with Crippen molar-refractivity contribution in [1.29, 1.82) is 0 Å². The summed E-state index contributed by atoms with van der Waals surface area (Å²) < 4.78 is 5.68. The zero-order valence-electron chi connectivity index (χ0n) is 11.1. The monoisotopic (exact) mass is 238 g/mol. The first-order valence-corrected chi connectivity index (χ1v) is 6.43. The van der Waals surface area contributed by atoms with Crippen molar-refractivity contribution >= 4 is 0 Å². The number of hydrogen-bond donors (Lipinski definition) is 1. The van der Waals surface area contributed by atoms with Crippen LogP contribution in [0.25, 0.3) is 0 Å². The van der Waals surface area contributed by atoms with Crippen molar-refractivity contribution in [3.05, 3.63) is 25.3 Å². The predicted molar refractivity (Wildman–Crippen MR) is 73.2 cm³/mol. The van der Waals surface area contributed by atoms with Crippen LogP contribution in [0.4, 0.5) is 0 Å². The zero-order valence-corrected chi connectivity index (χ0v) is 11.1. The molecule has 0 saturated carbocycles. The first-order valence-electron chi connectivity index (χ1n) is 6.43. The molecule has 1 fully saturated rings. The van der Waals surface area contributed by atoms with Crippen molar-refractivity contribution in [3.63, 3.8) is 0 Å². The van der Waals surface area contributed by atoms with Gasteiger partial charge in [0.2, 0.25) is 0 Å². The molecule has 0 spiro atoms. The summed E-state index contributed by atoms with van der Waals surface area (Å²) in [4.78, 5) is 2.38. The average Bonchev–Trinajstić information content (AvgIpc) is 2.31. The van der Waals surface area contributed by atoms with E-state index in [1.165, 1.54) is 6.42 Å². The van der Waals surface area contributed by atoms with Gasteiger partial charge in [-0.1, -0.05) is 12.2 Å².